The fourth-order valence-corrected chi connectivity index (χ4v) is 4.33. The molecule has 1 heterocycles. The zero-order valence-corrected chi connectivity index (χ0v) is 15.0. The number of hydrogen-bond acceptors (Lipinski definition) is 5. The van der Waals surface area contributed by atoms with Crippen LogP contribution < -0.4 is 5.32 Å². The van der Waals surface area contributed by atoms with Gasteiger partial charge in [0.2, 0.25) is 0 Å². The number of nitro benzene ring substituents is 1. The molecule has 0 aliphatic heterocycles. The van der Waals surface area contributed by atoms with Crippen LogP contribution in [0.5, 0.6) is 0 Å². The van der Waals surface area contributed by atoms with Crippen molar-refractivity contribution in [3.63, 3.8) is 0 Å². The minimum atomic E-state index is -0.496. The highest BCUT2D eigenvalue weighted by Gasteiger charge is 2.22. The summed E-state index contributed by atoms with van der Waals surface area (Å²) in [5, 5.41) is 15.1. The molecule has 1 N–H and O–H groups in total. The molecule has 0 bridgehead atoms. The Morgan fingerprint density at radius 3 is 2.92 bits per heavy atom. The first-order valence-corrected chi connectivity index (χ1v) is 9.37. The fourth-order valence-electron chi connectivity index (χ4n) is 3.13. The summed E-state index contributed by atoms with van der Waals surface area (Å²) in [4.78, 5) is 29.1. The van der Waals surface area contributed by atoms with E-state index in [0.29, 0.717) is 12.1 Å². The van der Waals surface area contributed by atoms with Crippen LogP contribution in [0.4, 0.5) is 5.69 Å². The van der Waals surface area contributed by atoms with Gasteiger partial charge in [-0.15, -0.1) is 11.3 Å². The Labute approximate surface area is 150 Å². The summed E-state index contributed by atoms with van der Waals surface area (Å²) in [5.41, 5.74) is 1.75. The largest absolute Gasteiger partial charge is 0.352 e. The predicted octanol–water partition coefficient (Wildman–Crippen LogP) is 3.60. The van der Waals surface area contributed by atoms with Crippen molar-refractivity contribution in [3.05, 3.63) is 55.0 Å². The number of benzene rings is 1. The highest BCUT2D eigenvalue weighted by molar-refractivity contribution is 7.11. The third-order valence-corrected chi connectivity index (χ3v) is 5.63. The van der Waals surface area contributed by atoms with Crippen LogP contribution in [0.25, 0.3) is 0 Å². The predicted molar refractivity (Wildman–Crippen MR) is 97.2 cm³/mol. The van der Waals surface area contributed by atoms with E-state index in [-0.39, 0.29) is 11.3 Å². The SMILES string of the molecule is Cc1cccc(C(=O)NCCCc2nc3c(s2)CCCC3)c1[N+](=O)[O-]. The summed E-state index contributed by atoms with van der Waals surface area (Å²) in [6.45, 7) is 2.12. The molecule has 2 aromatic rings. The van der Waals surface area contributed by atoms with Gasteiger partial charge in [0, 0.05) is 23.4 Å². The average molecular weight is 359 g/mol. The molecule has 7 heteroatoms. The molecule has 132 valence electrons. The van der Waals surface area contributed by atoms with E-state index >= 15 is 0 Å². The van der Waals surface area contributed by atoms with Crippen molar-refractivity contribution in [3.8, 4) is 0 Å². The van der Waals surface area contributed by atoms with Crippen LogP contribution in [0.3, 0.4) is 0 Å². The van der Waals surface area contributed by atoms with Gasteiger partial charge in [-0.1, -0.05) is 12.1 Å². The lowest BCUT2D eigenvalue weighted by Gasteiger charge is -2.07. The molecule has 1 aromatic carbocycles. The number of amides is 1. The van der Waals surface area contributed by atoms with Crippen LogP contribution in [0.2, 0.25) is 0 Å². The van der Waals surface area contributed by atoms with Crippen molar-refractivity contribution < 1.29 is 9.72 Å². The smallest absolute Gasteiger partial charge is 0.285 e. The molecule has 3 rings (SSSR count). The quantitative estimate of drug-likeness (QED) is 0.485. The standard InChI is InChI=1S/C18H21N3O3S/c1-12-6-4-7-13(17(12)21(23)24)18(22)19-11-5-10-16-20-14-8-2-3-9-15(14)25-16/h4,6-7H,2-3,5,8-11H2,1H3,(H,19,22). The first-order valence-electron chi connectivity index (χ1n) is 8.56. The lowest BCUT2D eigenvalue weighted by molar-refractivity contribution is -0.385. The lowest BCUT2D eigenvalue weighted by atomic mass is 10.0. The zero-order chi connectivity index (χ0) is 17.8. The van der Waals surface area contributed by atoms with Gasteiger partial charge >= 0.3 is 0 Å². The Balaban J connectivity index is 1.54. The number of aromatic nitrogens is 1. The summed E-state index contributed by atoms with van der Waals surface area (Å²) in [5.74, 6) is -0.395. The monoisotopic (exact) mass is 359 g/mol. The summed E-state index contributed by atoms with van der Waals surface area (Å²) in [6, 6.07) is 4.80. The Morgan fingerprint density at radius 2 is 2.16 bits per heavy atom. The van der Waals surface area contributed by atoms with Gasteiger partial charge in [0.05, 0.1) is 15.6 Å². The molecule has 0 unspecified atom stereocenters. The number of rotatable bonds is 6. The number of nitrogens with one attached hydrogen (secondary N) is 1. The molecule has 1 aliphatic rings. The number of nitrogens with zero attached hydrogens (tertiary/aromatic N) is 2. The van der Waals surface area contributed by atoms with Gasteiger partial charge < -0.3 is 5.32 Å². The van der Waals surface area contributed by atoms with E-state index in [1.807, 2.05) is 0 Å². The van der Waals surface area contributed by atoms with Crippen molar-refractivity contribution in [1.82, 2.24) is 10.3 Å². The van der Waals surface area contributed by atoms with Crippen LogP contribution in [0, 0.1) is 17.0 Å². The number of hydrogen-bond donors (Lipinski definition) is 1. The first-order chi connectivity index (χ1) is 12.1. The highest BCUT2D eigenvalue weighted by Crippen LogP contribution is 2.27. The Morgan fingerprint density at radius 1 is 1.36 bits per heavy atom. The summed E-state index contributed by atoms with van der Waals surface area (Å²) >= 11 is 1.79. The van der Waals surface area contributed by atoms with Crippen molar-refractivity contribution >= 4 is 22.9 Å². The molecular weight excluding hydrogens is 338 g/mol. The van der Waals surface area contributed by atoms with Crippen molar-refractivity contribution in [2.45, 2.75) is 45.4 Å². The number of nitro groups is 1. The molecule has 6 nitrogen and oxygen atoms in total. The Kier molecular flexibility index (Phi) is 5.43. The summed E-state index contributed by atoms with van der Waals surface area (Å²) < 4.78 is 0. The topological polar surface area (TPSA) is 85.1 Å². The van der Waals surface area contributed by atoms with Gasteiger partial charge in [0.15, 0.2) is 0 Å². The molecule has 0 saturated heterocycles. The van der Waals surface area contributed by atoms with E-state index in [4.69, 9.17) is 4.98 Å². The maximum absolute atomic E-state index is 12.3. The summed E-state index contributed by atoms with van der Waals surface area (Å²) in [7, 11) is 0. The van der Waals surface area contributed by atoms with E-state index in [1.54, 1.807) is 30.4 Å². The molecule has 1 amide bonds. The van der Waals surface area contributed by atoms with E-state index in [0.717, 1.165) is 30.7 Å². The molecule has 0 atom stereocenters. The van der Waals surface area contributed by atoms with Crippen LogP contribution in [-0.2, 0) is 19.3 Å². The fraction of sp³-hybridized carbons (Fsp3) is 0.444. The van der Waals surface area contributed by atoms with Gasteiger partial charge in [-0.3, -0.25) is 14.9 Å². The molecule has 0 radical (unpaired) electrons. The Hall–Kier alpha value is -2.28. The minimum absolute atomic E-state index is 0.118. The van der Waals surface area contributed by atoms with E-state index in [9.17, 15) is 14.9 Å². The van der Waals surface area contributed by atoms with Crippen LogP contribution in [-0.4, -0.2) is 22.4 Å². The molecule has 0 spiro atoms. The van der Waals surface area contributed by atoms with Gasteiger partial charge in [0.25, 0.3) is 11.6 Å². The normalized spacial score (nSPS) is 13.3. The molecule has 0 fully saturated rings. The second-order valence-corrected chi connectivity index (χ2v) is 7.44. The number of aryl methyl sites for hydroxylation is 4. The number of fused-ring (bicyclic) bond motifs is 1. The first kappa shape index (κ1) is 17.5. The minimum Gasteiger partial charge on any atom is -0.352 e. The van der Waals surface area contributed by atoms with E-state index in [1.165, 1.54) is 29.5 Å². The average Bonchev–Trinajstić information content (AvgIpc) is 3.00. The molecule has 0 saturated carbocycles. The maximum atomic E-state index is 12.3. The second-order valence-electron chi connectivity index (χ2n) is 6.27. The van der Waals surface area contributed by atoms with Crippen molar-refractivity contribution in [1.29, 1.82) is 0 Å². The number of thiazole rings is 1. The molecule has 1 aromatic heterocycles. The van der Waals surface area contributed by atoms with Crippen molar-refractivity contribution in [2.24, 2.45) is 0 Å². The van der Waals surface area contributed by atoms with Crippen molar-refractivity contribution in [2.75, 3.05) is 6.54 Å². The Bertz CT molecular complexity index is 777. The van der Waals surface area contributed by atoms with Crippen LogP contribution in [0.1, 0.15) is 50.8 Å². The molecule has 1 aliphatic carbocycles. The van der Waals surface area contributed by atoms with Gasteiger partial charge in [-0.05, 0) is 45.1 Å². The van der Waals surface area contributed by atoms with Gasteiger partial charge in [-0.25, -0.2) is 4.98 Å². The van der Waals surface area contributed by atoms with Gasteiger partial charge in [0.1, 0.15) is 5.56 Å². The molecule has 25 heavy (non-hydrogen) atoms. The number of carbonyl (C=O) groups is 1. The highest BCUT2D eigenvalue weighted by atomic mass is 32.1. The summed E-state index contributed by atoms with van der Waals surface area (Å²) in [6.07, 6.45) is 6.30. The lowest BCUT2D eigenvalue weighted by Crippen LogP contribution is -2.25. The number of carbonyl (C=O) groups excluding carboxylic acids is 1. The second kappa shape index (κ2) is 7.74. The third kappa shape index (κ3) is 4.04. The van der Waals surface area contributed by atoms with E-state index in [2.05, 4.69) is 5.32 Å². The van der Waals surface area contributed by atoms with Crippen LogP contribution in [0.15, 0.2) is 18.2 Å². The van der Waals surface area contributed by atoms with E-state index < -0.39 is 10.8 Å². The van der Waals surface area contributed by atoms with Gasteiger partial charge in [-0.2, -0.15) is 0 Å². The third-order valence-electron chi connectivity index (χ3n) is 4.41. The van der Waals surface area contributed by atoms with Crippen LogP contribution >= 0.6 is 11.3 Å². The zero-order valence-electron chi connectivity index (χ0n) is 14.2. The molecular formula is C18H21N3O3S. The number of para-hydroxylation sites is 1. The maximum Gasteiger partial charge on any atom is 0.285 e.